The fourth-order valence-electron chi connectivity index (χ4n) is 3.08. The molecule has 1 atom stereocenters. The summed E-state index contributed by atoms with van der Waals surface area (Å²) in [5.74, 6) is 0.570. The van der Waals surface area contributed by atoms with E-state index in [1.54, 1.807) is 30.6 Å². The van der Waals surface area contributed by atoms with Crippen LogP contribution in [0, 0.1) is 5.82 Å². The van der Waals surface area contributed by atoms with Crippen molar-refractivity contribution in [3.8, 4) is 11.4 Å². The van der Waals surface area contributed by atoms with Gasteiger partial charge < -0.3 is 10.6 Å². The standard InChI is InChI=1S/C20H18FN5O/c1-12(13-4-6-15(21)7-5-13)24-19-16-8-10-23-20(27)17(16)25-18(26-19)14-3-2-9-22-11-14/h2-7,9,11-12H,8,10H2,1H3,(H,23,27)(H,24,25,26)/t12-/m1/s1. The highest BCUT2D eigenvalue weighted by atomic mass is 19.1. The number of fused-ring (bicyclic) bond motifs is 1. The zero-order valence-electron chi connectivity index (χ0n) is 14.7. The van der Waals surface area contributed by atoms with Crippen molar-refractivity contribution in [2.24, 2.45) is 0 Å². The maximum absolute atomic E-state index is 13.2. The zero-order chi connectivity index (χ0) is 18.8. The summed E-state index contributed by atoms with van der Waals surface area (Å²) in [5, 5.41) is 6.18. The molecule has 1 aliphatic rings. The van der Waals surface area contributed by atoms with E-state index in [2.05, 4.69) is 25.6 Å². The molecule has 0 radical (unpaired) electrons. The van der Waals surface area contributed by atoms with Crippen LogP contribution in [0.3, 0.4) is 0 Å². The fraction of sp³-hybridized carbons (Fsp3) is 0.200. The Bertz CT molecular complexity index is 976. The van der Waals surface area contributed by atoms with Crippen LogP contribution in [0.25, 0.3) is 11.4 Å². The molecule has 0 saturated carbocycles. The number of anilines is 1. The lowest BCUT2D eigenvalue weighted by molar-refractivity contribution is 0.0940. The Kier molecular flexibility index (Phi) is 4.50. The van der Waals surface area contributed by atoms with Gasteiger partial charge in [0.25, 0.3) is 5.91 Å². The molecule has 136 valence electrons. The van der Waals surface area contributed by atoms with E-state index in [-0.39, 0.29) is 17.8 Å². The predicted molar refractivity (Wildman–Crippen MR) is 99.7 cm³/mol. The van der Waals surface area contributed by atoms with Gasteiger partial charge in [0.15, 0.2) is 5.82 Å². The van der Waals surface area contributed by atoms with Gasteiger partial charge in [0, 0.05) is 36.1 Å². The summed E-state index contributed by atoms with van der Waals surface area (Å²) in [5.41, 5.74) is 2.83. The van der Waals surface area contributed by atoms with E-state index in [1.165, 1.54) is 12.1 Å². The molecule has 3 aromatic rings. The number of rotatable bonds is 4. The number of nitrogens with one attached hydrogen (secondary N) is 2. The van der Waals surface area contributed by atoms with Gasteiger partial charge in [-0.2, -0.15) is 0 Å². The smallest absolute Gasteiger partial charge is 0.270 e. The van der Waals surface area contributed by atoms with Gasteiger partial charge in [-0.25, -0.2) is 14.4 Å². The molecule has 0 aliphatic carbocycles. The van der Waals surface area contributed by atoms with Crippen molar-refractivity contribution in [2.45, 2.75) is 19.4 Å². The minimum absolute atomic E-state index is 0.115. The van der Waals surface area contributed by atoms with E-state index in [1.807, 2.05) is 13.0 Å². The number of hydrogen-bond acceptors (Lipinski definition) is 5. The van der Waals surface area contributed by atoms with Gasteiger partial charge >= 0.3 is 0 Å². The monoisotopic (exact) mass is 363 g/mol. The second-order valence-corrected chi connectivity index (χ2v) is 6.39. The molecule has 4 rings (SSSR count). The topological polar surface area (TPSA) is 79.8 Å². The van der Waals surface area contributed by atoms with Gasteiger partial charge in [0.2, 0.25) is 0 Å². The first kappa shape index (κ1) is 17.1. The number of amides is 1. The van der Waals surface area contributed by atoms with Gasteiger partial charge in [0.1, 0.15) is 17.3 Å². The van der Waals surface area contributed by atoms with Crippen LogP contribution in [0.1, 0.15) is 34.6 Å². The highest BCUT2D eigenvalue weighted by Crippen LogP contribution is 2.27. The highest BCUT2D eigenvalue weighted by Gasteiger charge is 2.25. The van der Waals surface area contributed by atoms with Crippen molar-refractivity contribution in [3.05, 3.63) is 71.4 Å². The largest absolute Gasteiger partial charge is 0.363 e. The van der Waals surface area contributed by atoms with E-state index >= 15 is 0 Å². The number of carbonyl (C=O) groups is 1. The molecule has 1 amide bonds. The summed E-state index contributed by atoms with van der Waals surface area (Å²) in [7, 11) is 0. The summed E-state index contributed by atoms with van der Waals surface area (Å²) >= 11 is 0. The van der Waals surface area contributed by atoms with Crippen LogP contribution < -0.4 is 10.6 Å². The molecule has 0 unspecified atom stereocenters. The molecule has 27 heavy (non-hydrogen) atoms. The third-order valence-corrected chi connectivity index (χ3v) is 4.53. The molecule has 0 saturated heterocycles. The molecular formula is C20H18FN5O. The number of hydrogen-bond donors (Lipinski definition) is 2. The van der Waals surface area contributed by atoms with Gasteiger partial charge in [-0.3, -0.25) is 9.78 Å². The van der Waals surface area contributed by atoms with Crippen molar-refractivity contribution in [3.63, 3.8) is 0 Å². The molecule has 1 aliphatic heterocycles. The van der Waals surface area contributed by atoms with Crippen molar-refractivity contribution in [1.29, 1.82) is 0 Å². The SMILES string of the molecule is C[C@@H](Nc1nc(-c2cccnc2)nc2c1CCNC2=O)c1ccc(F)cc1. The number of carbonyl (C=O) groups excluding carboxylic acids is 1. The molecule has 1 aromatic carbocycles. The Balaban J connectivity index is 1.75. The first-order valence-electron chi connectivity index (χ1n) is 8.73. The van der Waals surface area contributed by atoms with Crippen LogP contribution >= 0.6 is 0 Å². The van der Waals surface area contributed by atoms with E-state index < -0.39 is 0 Å². The summed E-state index contributed by atoms with van der Waals surface area (Å²) in [6.07, 6.45) is 3.98. The quantitative estimate of drug-likeness (QED) is 0.744. The molecular weight excluding hydrogens is 345 g/mol. The minimum atomic E-state index is -0.277. The van der Waals surface area contributed by atoms with Gasteiger partial charge in [-0.1, -0.05) is 12.1 Å². The Hall–Kier alpha value is -3.35. The van der Waals surface area contributed by atoms with Crippen LogP contribution in [0.4, 0.5) is 10.2 Å². The first-order chi connectivity index (χ1) is 13.1. The number of halogens is 1. The third-order valence-electron chi connectivity index (χ3n) is 4.53. The van der Waals surface area contributed by atoms with E-state index in [0.717, 1.165) is 16.7 Å². The molecule has 0 fully saturated rings. The van der Waals surface area contributed by atoms with Crippen molar-refractivity contribution < 1.29 is 9.18 Å². The maximum atomic E-state index is 13.2. The van der Waals surface area contributed by atoms with E-state index in [4.69, 9.17) is 0 Å². The lowest BCUT2D eigenvalue weighted by Gasteiger charge is -2.22. The fourth-order valence-corrected chi connectivity index (χ4v) is 3.08. The number of benzene rings is 1. The average Bonchev–Trinajstić information content (AvgIpc) is 2.69. The second-order valence-electron chi connectivity index (χ2n) is 6.39. The van der Waals surface area contributed by atoms with Gasteiger partial charge in [-0.05, 0) is 43.2 Å². The lowest BCUT2D eigenvalue weighted by Crippen LogP contribution is -2.34. The molecule has 7 heteroatoms. The maximum Gasteiger partial charge on any atom is 0.270 e. The molecule has 2 aromatic heterocycles. The number of pyridine rings is 1. The second kappa shape index (κ2) is 7.11. The predicted octanol–water partition coefficient (Wildman–Crippen LogP) is 3.14. The Morgan fingerprint density at radius 1 is 1.19 bits per heavy atom. The zero-order valence-corrected chi connectivity index (χ0v) is 14.7. The summed E-state index contributed by atoms with van der Waals surface area (Å²) in [4.78, 5) is 25.6. The molecule has 0 bridgehead atoms. The van der Waals surface area contributed by atoms with Crippen LogP contribution in [-0.4, -0.2) is 27.4 Å². The molecule has 2 N–H and O–H groups in total. The molecule has 3 heterocycles. The number of nitrogens with zero attached hydrogens (tertiary/aromatic N) is 3. The van der Waals surface area contributed by atoms with Crippen LogP contribution in [0.2, 0.25) is 0 Å². The van der Waals surface area contributed by atoms with Gasteiger partial charge in [-0.15, -0.1) is 0 Å². The van der Waals surface area contributed by atoms with Crippen molar-refractivity contribution >= 4 is 11.7 Å². The number of aromatic nitrogens is 3. The van der Waals surface area contributed by atoms with E-state index in [0.29, 0.717) is 30.3 Å². The van der Waals surface area contributed by atoms with Gasteiger partial charge in [0.05, 0.1) is 0 Å². The first-order valence-corrected chi connectivity index (χ1v) is 8.73. The Morgan fingerprint density at radius 2 is 2.00 bits per heavy atom. The summed E-state index contributed by atoms with van der Waals surface area (Å²) < 4.78 is 13.2. The van der Waals surface area contributed by atoms with Crippen molar-refractivity contribution in [2.75, 3.05) is 11.9 Å². The molecule has 0 spiro atoms. The lowest BCUT2D eigenvalue weighted by atomic mass is 10.0. The Labute approximate surface area is 155 Å². The minimum Gasteiger partial charge on any atom is -0.363 e. The average molecular weight is 363 g/mol. The van der Waals surface area contributed by atoms with Crippen LogP contribution in [-0.2, 0) is 6.42 Å². The van der Waals surface area contributed by atoms with Crippen LogP contribution in [0.15, 0.2) is 48.8 Å². The summed E-state index contributed by atoms with van der Waals surface area (Å²) in [6, 6.07) is 9.85. The van der Waals surface area contributed by atoms with E-state index in [9.17, 15) is 9.18 Å². The molecule has 6 nitrogen and oxygen atoms in total. The third kappa shape index (κ3) is 3.48. The summed E-state index contributed by atoms with van der Waals surface area (Å²) in [6.45, 7) is 2.51. The van der Waals surface area contributed by atoms with Crippen molar-refractivity contribution in [1.82, 2.24) is 20.3 Å². The highest BCUT2D eigenvalue weighted by molar-refractivity contribution is 5.96. The Morgan fingerprint density at radius 3 is 2.74 bits per heavy atom. The van der Waals surface area contributed by atoms with Crippen LogP contribution in [0.5, 0.6) is 0 Å². The normalized spacial score (nSPS) is 14.2.